The number of rotatable bonds is 6. The van der Waals surface area contributed by atoms with Gasteiger partial charge < -0.3 is 23.7 Å². The van der Waals surface area contributed by atoms with Crippen LogP contribution in [0.4, 0.5) is 0 Å². The third-order valence-corrected chi connectivity index (χ3v) is 5.11. The van der Waals surface area contributed by atoms with Gasteiger partial charge in [0.05, 0.1) is 19.3 Å². The van der Waals surface area contributed by atoms with Crippen LogP contribution in [0.2, 0.25) is 0 Å². The van der Waals surface area contributed by atoms with Gasteiger partial charge in [-0.25, -0.2) is 0 Å². The molecule has 5 nitrogen and oxygen atoms in total. The van der Waals surface area contributed by atoms with Crippen LogP contribution in [-0.2, 0) is 36.9 Å². The van der Waals surface area contributed by atoms with Crippen molar-refractivity contribution in [3.8, 4) is 0 Å². The Morgan fingerprint density at radius 2 is 1.32 bits per heavy atom. The second kappa shape index (κ2) is 8.31. The van der Waals surface area contributed by atoms with Crippen molar-refractivity contribution < 1.29 is 23.7 Å². The highest BCUT2D eigenvalue weighted by Crippen LogP contribution is 2.39. The molecule has 2 aromatic carbocycles. The Balaban J connectivity index is 1.50. The molecular weight excluding hydrogens is 356 g/mol. The molecule has 28 heavy (non-hydrogen) atoms. The van der Waals surface area contributed by atoms with Crippen molar-refractivity contribution in [2.75, 3.05) is 0 Å². The molecule has 5 heteroatoms. The molecule has 2 fully saturated rings. The maximum absolute atomic E-state index is 6.27. The van der Waals surface area contributed by atoms with Crippen LogP contribution in [0.5, 0.6) is 0 Å². The Hall–Kier alpha value is -1.76. The maximum atomic E-state index is 6.27. The first kappa shape index (κ1) is 19.6. The molecule has 2 heterocycles. The summed E-state index contributed by atoms with van der Waals surface area (Å²) in [5.74, 6) is -0.671. The monoisotopic (exact) mass is 384 g/mol. The summed E-state index contributed by atoms with van der Waals surface area (Å²) in [6.45, 7) is 6.75. The quantitative estimate of drug-likeness (QED) is 0.752. The van der Waals surface area contributed by atoms with E-state index in [2.05, 4.69) is 0 Å². The molecule has 1 unspecified atom stereocenters. The summed E-state index contributed by atoms with van der Waals surface area (Å²) in [7, 11) is 0. The molecule has 0 radical (unpaired) electrons. The fourth-order valence-corrected chi connectivity index (χ4v) is 3.78. The zero-order valence-electron chi connectivity index (χ0n) is 16.6. The van der Waals surface area contributed by atoms with E-state index >= 15 is 0 Å². The van der Waals surface area contributed by atoms with Crippen LogP contribution >= 0.6 is 0 Å². The lowest BCUT2D eigenvalue weighted by atomic mass is 9.99. The van der Waals surface area contributed by atoms with Crippen LogP contribution in [0.1, 0.15) is 31.9 Å². The maximum Gasteiger partial charge on any atom is 0.187 e. The summed E-state index contributed by atoms with van der Waals surface area (Å²) in [5.41, 5.74) is 2.18. The second-order valence-corrected chi connectivity index (χ2v) is 7.83. The fourth-order valence-electron chi connectivity index (χ4n) is 3.78. The number of hydrogen-bond acceptors (Lipinski definition) is 5. The first-order valence-corrected chi connectivity index (χ1v) is 9.84. The van der Waals surface area contributed by atoms with Crippen LogP contribution in [0.15, 0.2) is 60.7 Å². The van der Waals surface area contributed by atoms with Gasteiger partial charge in [0, 0.05) is 0 Å². The predicted octanol–water partition coefficient (Wildman–Crippen LogP) is 4.05. The van der Waals surface area contributed by atoms with E-state index in [1.165, 1.54) is 0 Å². The number of ether oxygens (including phenoxy) is 5. The van der Waals surface area contributed by atoms with Crippen LogP contribution in [0.25, 0.3) is 0 Å². The van der Waals surface area contributed by atoms with Gasteiger partial charge in [-0.15, -0.1) is 0 Å². The van der Waals surface area contributed by atoms with Gasteiger partial charge in [-0.3, -0.25) is 0 Å². The fraction of sp³-hybridized carbons (Fsp3) is 0.478. The van der Waals surface area contributed by atoms with Crippen LogP contribution < -0.4 is 0 Å². The standard InChI is InChI=1S/C23H28O5/c1-16-19-20(28-23(2,3)27-19)21(24-14-17-10-6-4-7-11-17)22(26-16)25-15-18-12-8-5-9-13-18/h4-13,16,19-22H,14-15H2,1-3H3/t16-,19+,20+,21-,22?/m0/s1. The van der Waals surface area contributed by atoms with E-state index in [0.29, 0.717) is 13.2 Å². The molecule has 0 amide bonds. The first-order valence-electron chi connectivity index (χ1n) is 9.84. The lowest BCUT2D eigenvalue weighted by Crippen LogP contribution is -2.57. The zero-order chi connectivity index (χ0) is 19.6. The summed E-state index contributed by atoms with van der Waals surface area (Å²) in [6, 6.07) is 20.1. The lowest BCUT2D eigenvalue weighted by Gasteiger charge is -2.40. The minimum Gasteiger partial charge on any atom is -0.365 e. The molecule has 5 atom stereocenters. The van der Waals surface area contributed by atoms with E-state index in [1.54, 1.807) is 0 Å². The van der Waals surface area contributed by atoms with E-state index in [0.717, 1.165) is 11.1 Å². The van der Waals surface area contributed by atoms with Gasteiger partial charge in [0.15, 0.2) is 12.1 Å². The Morgan fingerprint density at radius 1 is 0.786 bits per heavy atom. The number of benzene rings is 2. The van der Waals surface area contributed by atoms with Crippen molar-refractivity contribution in [3.05, 3.63) is 71.8 Å². The Morgan fingerprint density at radius 3 is 1.93 bits per heavy atom. The molecule has 0 bridgehead atoms. The van der Waals surface area contributed by atoms with Gasteiger partial charge in [0.25, 0.3) is 0 Å². The van der Waals surface area contributed by atoms with Gasteiger partial charge in [-0.2, -0.15) is 0 Å². The molecule has 0 aliphatic carbocycles. The van der Waals surface area contributed by atoms with E-state index < -0.39 is 12.1 Å². The van der Waals surface area contributed by atoms with Crippen molar-refractivity contribution in [1.29, 1.82) is 0 Å². The topological polar surface area (TPSA) is 46.2 Å². The van der Waals surface area contributed by atoms with Gasteiger partial charge in [-0.1, -0.05) is 60.7 Å². The molecule has 2 aliphatic rings. The zero-order valence-corrected chi connectivity index (χ0v) is 16.6. The number of hydrogen-bond donors (Lipinski definition) is 0. The van der Waals surface area contributed by atoms with E-state index in [4.69, 9.17) is 23.7 Å². The third kappa shape index (κ3) is 4.45. The minimum atomic E-state index is -0.671. The summed E-state index contributed by atoms with van der Waals surface area (Å²) in [6.07, 6.45) is -1.50. The summed E-state index contributed by atoms with van der Waals surface area (Å²) >= 11 is 0. The Labute approximate surface area is 166 Å². The highest BCUT2D eigenvalue weighted by Gasteiger charge is 2.55. The normalized spacial score (nSPS) is 31.5. The Kier molecular flexibility index (Phi) is 5.80. The molecule has 4 rings (SSSR count). The minimum absolute atomic E-state index is 0.149. The average Bonchev–Trinajstić information content (AvgIpc) is 3.03. The molecule has 0 spiro atoms. The molecule has 2 saturated heterocycles. The molecule has 2 aliphatic heterocycles. The van der Waals surface area contributed by atoms with Crippen LogP contribution in [-0.4, -0.2) is 36.5 Å². The number of fused-ring (bicyclic) bond motifs is 1. The largest absolute Gasteiger partial charge is 0.365 e. The SMILES string of the molecule is C[C@@H]1OC(OCc2ccccc2)[C@@H](OCc2ccccc2)[C@@H]2OC(C)(C)O[C@@H]21. The summed E-state index contributed by atoms with van der Waals surface area (Å²) in [4.78, 5) is 0. The molecule has 0 saturated carbocycles. The van der Waals surface area contributed by atoms with Gasteiger partial charge in [0.2, 0.25) is 0 Å². The third-order valence-electron chi connectivity index (χ3n) is 5.11. The summed E-state index contributed by atoms with van der Waals surface area (Å²) < 4.78 is 30.8. The van der Waals surface area contributed by atoms with E-state index in [1.807, 2.05) is 81.4 Å². The van der Waals surface area contributed by atoms with Crippen molar-refractivity contribution in [3.63, 3.8) is 0 Å². The summed E-state index contributed by atoms with van der Waals surface area (Å²) in [5, 5.41) is 0. The van der Waals surface area contributed by atoms with Gasteiger partial charge in [-0.05, 0) is 31.9 Å². The van der Waals surface area contributed by atoms with Crippen LogP contribution in [0.3, 0.4) is 0 Å². The van der Waals surface area contributed by atoms with Gasteiger partial charge >= 0.3 is 0 Å². The highest BCUT2D eigenvalue weighted by molar-refractivity contribution is 5.14. The molecule has 2 aromatic rings. The average molecular weight is 384 g/mol. The first-order chi connectivity index (χ1) is 13.5. The second-order valence-electron chi connectivity index (χ2n) is 7.83. The molecule has 0 N–H and O–H groups in total. The predicted molar refractivity (Wildman–Crippen MR) is 104 cm³/mol. The molecular formula is C23H28O5. The van der Waals surface area contributed by atoms with E-state index in [9.17, 15) is 0 Å². The molecule has 150 valence electrons. The smallest absolute Gasteiger partial charge is 0.187 e. The lowest BCUT2D eigenvalue weighted by molar-refractivity contribution is -0.290. The van der Waals surface area contributed by atoms with Crippen molar-refractivity contribution >= 4 is 0 Å². The van der Waals surface area contributed by atoms with Crippen molar-refractivity contribution in [2.24, 2.45) is 0 Å². The van der Waals surface area contributed by atoms with Crippen LogP contribution in [0, 0.1) is 0 Å². The van der Waals surface area contributed by atoms with Crippen molar-refractivity contribution in [2.45, 2.75) is 70.5 Å². The Bertz CT molecular complexity index is 748. The van der Waals surface area contributed by atoms with E-state index in [-0.39, 0.29) is 24.4 Å². The molecule has 0 aromatic heterocycles. The highest BCUT2D eigenvalue weighted by atomic mass is 16.8. The van der Waals surface area contributed by atoms with Gasteiger partial charge in [0.1, 0.15) is 18.3 Å². The van der Waals surface area contributed by atoms with Crippen molar-refractivity contribution in [1.82, 2.24) is 0 Å².